The molecule has 1 aromatic carbocycles. The summed E-state index contributed by atoms with van der Waals surface area (Å²) in [7, 11) is 1.95. The van der Waals surface area contributed by atoms with Crippen LogP contribution in [0.4, 0.5) is 0 Å². The van der Waals surface area contributed by atoms with E-state index < -0.39 is 0 Å². The van der Waals surface area contributed by atoms with Crippen molar-refractivity contribution in [3.8, 4) is 0 Å². The van der Waals surface area contributed by atoms with E-state index in [1.54, 1.807) is 0 Å². The van der Waals surface area contributed by atoms with Crippen LogP contribution in [0.25, 0.3) is 0 Å². The van der Waals surface area contributed by atoms with E-state index in [9.17, 15) is 5.11 Å². The minimum absolute atomic E-state index is 0.102. The van der Waals surface area contributed by atoms with Crippen molar-refractivity contribution in [2.75, 3.05) is 13.1 Å². The molecule has 1 aliphatic heterocycles. The zero-order valence-electron chi connectivity index (χ0n) is 13.4. The van der Waals surface area contributed by atoms with Crippen molar-refractivity contribution in [2.24, 2.45) is 7.05 Å². The number of halogens is 1. The monoisotopic (exact) mass is 331 g/mol. The number of aliphatic hydroxyl groups is 1. The highest BCUT2D eigenvalue weighted by molar-refractivity contribution is 6.30. The molecule has 0 radical (unpaired) electrons. The molecule has 1 N–H and O–H groups in total. The number of likely N-dealkylation sites (tertiary alicyclic amines) is 1. The summed E-state index contributed by atoms with van der Waals surface area (Å²) in [6.45, 7) is 3.05. The van der Waals surface area contributed by atoms with Crippen molar-refractivity contribution in [2.45, 2.75) is 37.3 Å². The second-order valence-electron chi connectivity index (χ2n) is 7.03. The number of nitrogens with zero attached hydrogens (tertiary/aromatic N) is 3. The normalized spacial score (nSPS) is 23.3. The number of aliphatic hydroxyl groups excluding tert-OH is 1. The molecule has 122 valence electrons. The summed E-state index contributed by atoms with van der Waals surface area (Å²) in [6.07, 6.45) is 6.68. The molecule has 1 aliphatic carbocycles. The molecule has 5 heteroatoms. The lowest BCUT2D eigenvalue weighted by atomic mass is 9.73. The van der Waals surface area contributed by atoms with E-state index in [-0.39, 0.29) is 11.5 Å². The van der Waals surface area contributed by atoms with Crippen molar-refractivity contribution in [1.82, 2.24) is 14.7 Å². The Bertz CT molecular complexity index is 719. The summed E-state index contributed by atoms with van der Waals surface area (Å²) in [5, 5.41) is 15.4. The van der Waals surface area contributed by atoms with Gasteiger partial charge in [0.1, 0.15) is 0 Å². The Morgan fingerprint density at radius 2 is 2.13 bits per heavy atom. The van der Waals surface area contributed by atoms with Crippen LogP contribution in [0.1, 0.15) is 42.1 Å². The van der Waals surface area contributed by atoms with Crippen LogP contribution in [0, 0.1) is 0 Å². The number of hydrogen-bond acceptors (Lipinski definition) is 3. The number of fused-ring (bicyclic) bond motifs is 2. The van der Waals surface area contributed by atoms with Gasteiger partial charge in [0.25, 0.3) is 0 Å². The molecule has 2 heterocycles. The first kappa shape index (κ1) is 15.2. The number of hydrogen-bond donors (Lipinski definition) is 1. The van der Waals surface area contributed by atoms with Crippen LogP contribution in [0.15, 0.2) is 30.6 Å². The minimum atomic E-state index is -0.341. The average molecular weight is 332 g/mol. The van der Waals surface area contributed by atoms with Gasteiger partial charge >= 0.3 is 0 Å². The van der Waals surface area contributed by atoms with E-state index in [1.165, 1.54) is 11.1 Å². The van der Waals surface area contributed by atoms with Crippen LogP contribution < -0.4 is 0 Å². The van der Waals surface area contributed by atoms with Gasteiger partial charge in [0, 0.05) is 35.8 Å². The van der Waals surface area contributed by atoms with Crippen molar-refractivity contribution < 1.29 is 5.11 Å². The lowest BCUT2D eigenvalue weighted by Crippen LogP contribution is -2.41. The zero-order valence-corrected chi connectivity index (χ0v) is 14.1. The van der Waals surface area contributed by atoms with Gasteiger partial charge in [0.15, 0.2) is 0 Å². The largest absolute Gasteiger partial charge is 0.388 e. The third kappa shape index (κ3) is 2.69. The maximum absolute atomic E-state index is 10.4. The highest BCUT2D eigenvalue weighted by Crippen LogP contribution is 2.51. The Balaban J connectivity index is 1.50. The number of aromatic nitrogens is 2. The molecule has 1 atom stereocenters. The lowest BCUT2D eigenvalue weighted by Gasteiger charge is -2.40. The summed E-state index contributed by atoms with van der Waals surface area (Å²) in [5.41, 5.74) is 3.72. The standard InChI is InChI=1S/C18H22ClN3O/c1-21-11-13(10-20-21)12-22-6-4-18(5-7-22)9-17(23)15-3-2-14(19)8-16(15)18/h2-3,8,10-11,17,23H,4-7,9,12H2,1H3. The Morgan fingerprint density at radius 3 is 2.83 bits per heavy atom. The molecule has 23 heavy (non-hydrogen) atoms. The number of rotatable bonds is 2. The maximum atomic E-state index is 10.4. The van der Waals surface area contributed by atoms with Crippen molar-refractivity contribution >= 4 is 11.6 Å². The van der Waals surface area contributed by atoms with Gasteiger partial charge in [0.2, 0.25) is 0 Å². The second kappa shape index (κ2) is 5.62. The van der Waals surface area contributed by atoms with E-state index >= 15 is 0 Å². The van der Waals surface area contributed by atoms with Crippen molar-refractivity contribution in [3.05, 3.63) is 52.3 Å². The molecule has 1 aromatic heterocycles. The van der Waals surface area contributed by atoms with E-state index in [2.05, 4.69) is 22.3 Å². The molecule has 0 amide bonds. The Morgan fingerprint density at radius 1 is 1.35 bits per heavy atom. The quantitative estimate of drug-likeness (QED) is 0.919. The summed E-state index contributed by atoms with van der Waals surface area (Å²) in [6, 6.07) is 5.96. The molecular formula is C18H22ClN3O. The predicted octanol–water partition coefficient (Wildman–Crippen LogP) is 3.04. The Kier molecular flexibility index (Phi) is 3.71. The highest BCUT2D eigenvalue weighted by Gasteiger charge is 2.45. The van der Waals surface area contributed by atoms with E-state index in [4.69, 9.17) is 11.6 Å². The minimum Gasteiger partial charge on any atom is -0.388 e. The molecule has 2 aliphatic rings. The first-order valence-corrected chi connectivity index (χ1v) is 8.61. The second-order valence-corrected chi connectivity index (χ2v) is 7.47. The topological polar surface area (TPSA) is 41.3 Å². The number of aryl methyl sites for hydroxylation is 1. The summed E-state index contributed by atoms with van der Waals surface area (Å²) >= 11 is 6.21. The SMILES string of the molecule is Cn1cc(CN2CCC3(CC2)CC(O)c2ccc(Cl)cc23)cn1. The van der Waals surface area contributed by atoms with E-state index in [0.29, 0.717) is 0 Å². The fourth-order valence-corrected chi connectivity index (χ4v) is 4.46. The smallest absolute Gasteiger partial charge is 0.0801 e. The van der Waals surface area contributed by atoms with Crippen molar-refractivity contribution in [1.29, 1.82) is 0 Å². The Hall–Kier alpha value is -1.36. The predicted molar refractivity (Wildman–Crippen MR) is 90.4 cm³/mol. The van der Waals surface area contributed by atoms with Gasteiger partial charge in [-0.15, -0.1) is 0 Å². The summed E-state index contributed by atoms with van der Waals surface area (Å²) in [4.78, 5) is 2.48. The van der Waals surface area contributed by atoms with Crippen LogP contribution in [-0.2, 0) is 19.0 Å². The molecule has 1 spiro atoms. The Labute approximate surface area is 141 Å². The fraction of sp³-hybridized carbons (Fsp3) is 0.500. The fourth-order valence-electron chi connectivity index (χ4n) is 4.29. The van der Waals surface area contributed by atoms with Gasteiger partial charge in [-0.05, 0) is 55.6 Å². The highest BCUT2D eigenvalue weighted by atomic mass is 35.5. The molecule has 4 nitrogen and oxygen atoms in total. The van der Waals surface area contributed by atoms with Crippen LogP contribution in [0.2, 0.25) is 5.02 Å². The maximum Gasteiger partial charge on any atom is 0.0801 e. The van der Waals surface area contributed by atoms with Crippen LogP contribution in [0.3, 0.4) is 0 Å². The van der Waals surface area contributed by atoms with E-state index in [0.717, 1.165) is 49.5 Å². The molecule has 1 unspecified atom stereocenters. The zero-order chi connectivity index (χ0) is 16.0. The number of piperidine rings is 1. The molecule has 0 bridgehead atoms. The molecule has 0 saturated carbocycles. The van der Waals surface area contributed by atoms with Gasteiger partial charge in [-0.1, -0.05) is 17.7 Å². The first-order valence-electron chi connectivity index (χ1n) is 8.24. The first-order chi connectivity index (χ1) is 11.1. The summed E-state index contributed by atoms with van der Waals surface area (Å²) in [5.74, 6) is 0. The van der Waals surface area contributed by atoms with Crippen LogP contribution in [-0.4, -0.2) is 32.9 Å². The van der Waals surface area contributed by atoms with Gasteiger partial charge in [-0.3, -0.25) is 9.58 Å². The number of benzene rings is 1. The molecule has 2 aromatic rings. The van der Waals surface area contributed by atoms with Gasteiger partial charge in [-0.25, -0.2) is 0 Å². The third-order valence-electron chi connectivity index (χ3n) is 5.51. The average Bonchev–Trinajstić information content (AvgIpc) is 3.04. The molecule has 1 saturated heterocycles. The van der Waals surface area contributed by atoms with Crippen molar-refractivity contribution in [3.63, 3.8) is 0 Å². The van der Waals surface area contributed by atoms with Gasteiger partial charge in [-0.2, -0.15) is 5.10 Å². The molecule has 1 fully saturated rings. The van der Waals surface area contributed by atoms with E-state index in [1.807, 2.05) is 30.1 Å². The van der Waals surface area contributed by atoms with Crippen LogP contribution >= 0.6 is 11.6 Å². The molecule has 4 rings (SSSR count). The lowest BCUT2D eigenvalue weighted by molar-refractivity contribution is 0.106. The molecular weight excluding hydrogens is 310 g/mol. The summed E-state index contributed by atoms with van der Waals surface area (Å²) < 4.78 is 1.85. The van der Waals surface area contributed by atoms with Crippen LogP contribution in [0.5, 0.6) is 0 Å². The van der Waals surface area contributed by atoms with Gasteiger partial charge in [0.05, 0.1) is 12.3 Å². The third-order valence-corrected chi connectivity index (χ3v) is 5.74. The van der Waals surface area contributed by atoms with Gasteiger partial charge < -0.3 is 5.11 Å².